The highest BCUT2D eigenvalue weighted by Crippen LogP contribution is 2.18. The summed E-state index contributed by atoms with van der Waals surface area (Å²) in [7, 11) is 0. The number of aryl methyl sites for hydroxylation is 2. The second-order valence-electron chi connectivity index (χ2n) is 4.46. The molecule has 2 nitrogen and oxygen atoms in total. The number of rotatable bonds is 3. The van der Waals surface area contributed by atoms with Gasteiger partial charge in [0.05, 0.1) is 5.56 Å². The van der Waals surface area contributed by atoms with Crippen molar-refractivity contribution in [3.8, 4) is 11.8 Å². The summed E-state index contributed by atoms with van der Waals surface area (Å²) in [6.07, 6.45) is 0. The second kappa shape index (κ2) is 5.53. The molecule has 2 rings (SSSR count). The highest BCUT2D eigenvalue weighted by Gasteiger charge is 2.04. The summed E-state index contributed by atoms with van der Waals surface area (Å²) in [5.74, 6) is 0.267. The Balaban J connectivity index is 2.10. The lowest BCUT2D eigenvalue weighted by molar-refractivity contribution is 0.306. The van der Waals surface area contributed by atoms with E-state index in [1.165, 1.54) is 17.7 Å². The molecule has 2 aromatic carbocycles. The third-order valence-corrected chi connectivity index (χ3v) is 3.04. The van der Waals surface area contributed by atoms with Crippen molar-refractivity contribution in [1.29, 1.82) is 5.26 Å². The van der Waals surface area contributed by atoms with Gasteiger partial charge in [0.1, 0.15) is 24.2 Å². The Morgan fingerprint density at radius 1 is 1.11 bits per heavy atom. The summed E-state index contributed by atoms with van der Waals surface area (Å²) in [4.78, 5) is 0. The van der Waals surface area contributed by atoms with Crippen molar-refractivity contribution in [2.24, 2.45) is 0 Å². The average Bonchev–Trinajstić information content (AvgIpc) is 2.41. The molecule has 0 aliphatic carbocycles. The summed E-state index contributed by atoms with van der Waals surface area (Å²) >= 11 is 0. The first-order chi connectivity index (χ1) is 9.10. The normalized spacial score (nSPS) is 10.0. The summed E-state index contributed by atoms with van der Waals surface area (Å²) in [5.41, 5.74) is 3.19. The van der Waals surface area contributed by atoms with Gasteiger partial charge in [-0.1, -0.05) is 12.1 Å². The maximum atomic E-state index is 13.2. The molecule has 0 saturated carbocycles. The van der Waals surface area contributed by atoms with Crippen LogP contribution >= 0.6 is 0 Å². The molecule has 0 unspecified atom stereocenters. The van der Waals surface area contributed by atoms with Crippen LogP contribution in [0, 0.1) is 31.0 Å². The highest BCUT2D eigenvalue weighted by atomic mass is 19.1. The van der Waals surface area contributed by atoms with Crippen molar-refractivity contribution in [2.75, 3.05) is 0 Å². The number of hydrogen-bond acceptors (Lipinski definition) is 2. The first-order valence-corrected chi connectivity index (χ1v) is 5.99. The molecular weight excluding hydrogens is 241 g/mol. The van der Waals surface area contributed by atoms with Crippen LogP contribution in [0.15, 0.2) is 36.4 Å². The number of benzene rings is 2. The largest absolute Gasteiger partial charge is 0.489 e. The van der Waals surface area contributed by atoms with Crippen LogP contribution < -0.4 is 4.74 Å². The van der Waals surface area contributed by atoms with Gasteiger partial charge in [-0.15, -0.1) is 0 Å². The lowest BCUT2D eigenvalue weighted by atomic mass is 10.1. The van der Waals surface area contributed by atoms with Crippen LogP contribution in [-0.2, 0) is 6.61 Å². The topological polar surface area (TPSA) is 33.0 Å². The number of hydrogen-bond donors (Lipinski definition) is 0. The molecule has 0 fully saturated rings. The van der Waals surface area contributed by atoms with Gasteiger partial charge >= 0.3 is 0 Å². The summed E-state index contributed by atoms with van der Waals surface area (Å²) in [5, 5.41) is 8.76. The van der Waals surface area contributed by atoms with E-state index in [2.05, 4.69) is 0 Å². The molecule has 0 spiro atoms. The van der Waals surface area contributed by atoms with Gasteiger partial charge in [0, 0.05) is 0 Å². The van der Waals surface area contributed by atoms with E-state index in [0.717, 1.165) is 16.9 Å². The third kappa shape index (κ3) is 3.11. The van der Waals surface area contributed by atoms with Gasteiger partial charge in [0.2, 0.25) is 0 Å². The monoisotopic (exact) mass is 255 g/mol. The van der Waals surface area contributed by atoms with Crippen LogP contribution in [0.2, 0.25) is 0 Å². The van der Waals surface area contributed by atoms with Gasteiger partial charge in [-0.2, -0.15) is 5.26 Å². The molecule has 0 aliphatic rings. The highest BCUT2D eigenvalue weighted by molar-refractivity contribution is 5.36. The zero-order valence-corrected chi connectivity index (χ0v) is 10.9. The summed E-state index contributed by atoms with van der Waals surface area (Å²) in [6.45, 7) is 4.38. The molecule has 0 heterocycles. The Kier molecular flexibility index (Phi) is 3.82. The first-order valence-electron chi connectivity index (χ1n) is 5.99. The maximum absolute atomic E-state index is 13.2. The van der Waals surface area contributed by atoms with E-state index >= 15 is 0 Å². The molecule has 0 atom stereocenters. The van der Waals surface area contributed by atoms with Crippen LogP contribution in [0.4, 0.5) is 4.39 Å². The minimum Gasteiger partial charge on any atom is -0.489 e. The van der Waals surface area contributed by atoms with Crippen molar-refractivity contribution in [3.05, 3.63) is 64.5 Å². The van der Waals surface area contributed by atoms with Gasteiger partial charge in [-0.3, -0.25) is 0 Å². The first kappa shape index (κ1) is 13.1. The minimum atomic E-state index is -0.502. The molecule has 0 N–H and O–H groups in total. The van der Waals surface area contributed by atoms with Crippen molar-refractivity contribution < 1.29 is 9.13 Å². The Bertz CT molecular complexity index is 644. The lowest BCUT2D eigenvalue weighted by Crippen LogP contribution is -1.97. The smallest absolute Gasteiger partial charge is 0.140 e. The van der Waals surface area contributed by atoms with E-state index in [4.69, 9.17) is 10.00 Å². The standard InChI is InChI=1S/C16H14FNO/c1-11-3-5-15(7-12(11)2)19-10-13-4-6-16(17)14(8-13)9-18/h3-8H,10H2,1-2H3. The van der Waals surface area contributed by atoms with Gasteiger partial charge in [-0.25, -0.2) is 4.39 Å². The number of nitrogens with zero attached hydrogens (tertiary/aromatic N) is 1. The fourth-order valence-corrected chi connectivity index (χ4v) is 1.72. The molecular formula is C16H14FNO. The molecule has 0 saturated heterocycles. The number of nitriles is 1. The Hall–Kier alpha value is -2.34. The van der Waals surface area contributed by atoms with Crippen molar-refractivity contribution in [3.63, 3.8) is 0 Å². The van der Waals surface area contributed by atoms with E-state index in [0.29, 0.717) is 6.61 Å². The van der Waals surface area contributed by atoms with Crippen LogP contribution in [0.5, 0.6) is 5.75 Å². The molecule has 0 aromatic heterocycles. The van der Waals surface area contributed by atoms with E-state index in [1.807, 2.05) is 38.1 Å². The Labute approximate surface area is 112 Å². The van der Waals surface area contributed by atoms with Gasteiger partial charge < -0.3 is 4.74 Å². The average molecular weight is 255 g/mol. The molecule has 19 heavy (non-hydrogen) atoms. The van der Waals surface area contributed by atoms with Gasteiger partial charge in [-0.05, 0) is 54.8 Å². The lowest BCUT2D eigenvalue weighted by Gasteiger charge is -2.08. The molecule has 0 bridgehead atoms. The predicted molar refractivity (Wildman–Crippen MR) is 71.4 cm³/mol. The van der Waals surface area contributed by atoms with Crippen LogP contribution in [0.25, 0.3) is 0 Å². The maximum Gasteiger partial charge on any atom is 0.140 e. The quantitative estimate of drug-likeness (QED) is 0.833. The Morgan fingerprint density at radius 3 is 2.58 bits per heavy atom. The van der Waals surface area contributed by atoms with E-state index in [-0.39, 0.29) is 5.56 Å². The van der Waals surface area contributed by atoms with Gasteiger partial charge in [0.15, 0.2) is 0 Å². The molecule has 2 aromatic rings. The van der Waals surface area contributed by atoms with Crippen molar-refractivity contribution in [1.82, 2.24) is 0 Å². The van der Waals surface area contributed by atoms with E-state index in [9.17, 15) is 4.39 Å². The van der Waals surface area contributed by atoms with Crippen LogP contribution in [0.3, 0.4) is 0 Å². The zero-order valence-electron chi connectivity index (χ0n) is 10.9. The molecule has 0 amide bonds. The Morgan fingerprint density at radius 2 is 1.89 bits per heavy atom. The van der Waals surface area contributed by atoms with E-state index < -0.39 is 5.82 Å². The SMILES string of the molecule is Cc1ccc(OCc2ccc(F)c(C#N)c2)cc1C. The fraction of sp³-hybridized carbons (Fsp3) is 0.188. The molecule has 3 heteroatoms. The molecule has 0 aliphatic heterocycles. The van der Waals surface area contributed by atoms with Crippen LogP contribution in [0.1, 0.15) is 22.3 Å². The number of halogens is 1. The van der Waals surface area contributed by atoms with Crippen molar-refractivity contribution >= 4 is 0 Å². The minimum absolute atomic E-state index is 0.0428. The fourth-order valence-electron chi connectivity index (χ4n) is 1.72. The van der Waals surface area contributed by atoms with E-state index in [1.54, 1.807) is 6.07 Å². The van der Waals surface area contributed by atoms with Gasteiger partial charge in [0.25, 0.3) is 0 Å². The second-order valence-corrected chi connectivity index (χ2v) is 4.46. The number of ether oxygens (including phenoxy) is 1. The predicted octanol–water partition coefficient (Wildman–Crippen LogP) is 3.89. The summed E-state index contributed by atoms with van der Waals surface area (Å²) < 4.78 is 18.8. The summed E-state index contributed by atoms with van der Waals surface area (Å²) in [6, 6.07) is 12.1. The third-order valence-electron chi connectivity index (χ3n) is 3.04. The van der Waals surface area contributed by atoms with Crippen molar-refractivity contribution in [2.45, 2.75) is 20.5 Å². The zero-order chi connectivity index (χ0) is 13.8. The van der Waals surface area contributed by atoms with Crippen LogP contribution in [-0.4, -0.2) is 0 Å². The molecule has 0 radical (unpaired) electrons. The molecule has 96 valence electrons.